The first-order valence-corrected chi connectivity index (χ1v) is 5.80. The number of rotatable bonds is 5. The summed E-state index contributed by atoms with van der Waals surface area (Å²) in [6, 6.07) is 3.88. The number of hydrogen-bond donors (Lipinski definition) is 2. The van der Waals surface area contributed by atoms with Crippen LogP contribution in [0.25, 0.3) is 0 Å². The smallest absolute Gasteiger partial charge is 0.292 e. The summed E-state index contributed by atoms with van der Waals surface area (Å²) in [4.78, 5) is 23.5. The molecule has 1 atom stereocenters. The van der Waals surface area contributed by atoms with Crippen LogP contribution in [0.15, 0.2) is 18.2 Å². The van der Waals surface area contributed by atoms with E-state index in [1.54, 1.807) is 14.0 Å². The quantitative estimate of drug-likeness (QED) is 0.470. The number of carbonyl (C=O) groups is 1. The normalized spacial score (nSPS) is 11.9. The Labute approximate surface area is 110 Å². The van der Waals surface area contributed by atoms with Crippen molar-refractivity contribution in [1.29, 1.82) is 0 Å². The molecule has 0 saturated heterocycles. The van der Waals surface area contributed by atoms with E-state index in [1.165, 1.54) is 23.1 Å². The minimum absolute atomic E-state index is 0.0419. The van der Waals surface area contributed by atoms with E-state index in [1.807, 2.05) is 0 Å². The number of hydrogen-bond acceptors (Lipinski definition) is 5. The Morgan fingerprint density at radius 3 is 2.68 bits per heavy atom. The highest BCUT2D eigenvalue weighted by Crippen LogP contribution is 2.22. The van der Waals surface area contributed by atoms with Gasteiger partial charge in [-0.25, -0.2) is 0 Å². The standard InChI is InChI=1S/C12H17N3O4/c1-8(16)5-6-14(2)12(17)9-3-4-11(15(18)19)10(13)7-9/h3-4,7-8,16H,5-6,13H2,1-2H3. The summed E-state index contributed by atoms with van der Waals surface area (Å²) in [5, 5.41) is 19.8. The summed E-state index contributed by atoms with van der Waals surface area (Å²) < 4.78 is 0. The van der Waals surface area contributed by atoms with Crippen molar-refractivity contribution in [3.63, 3.8) is 0 Å². The van der Waals surface area contributed by atoms with Crippen molar-refractivity contribution in [2.45, 2.75) is 19.4 Å². The van der Waals surface area contributed by atoms with Gasteiger partial charge in [-0.1, -0.05) is 0 Å². The van der Waals surface area contributed by atoms with E-state index < -0.39 is 11.0 Å². The highest BCUT2D eigenvalue weighted by Gasteiger charge is 2.17. The Morgan fingerprint density at radius 1 is 1.58 bits per heavy atom. The van der Waals surface area contributed by atoms with Gasteiger partial charge in [0.25, 0.3) is 11.6 Å². The molecule has 0 aliphatic heterocycles. The number of nitrogens with two attached hydrogens (primary N) is 1. The molecule has 1 amide bonds. The van der Waals surface area contributed by atoms with Crippen LogP contribution in [0.2, 0.25) is 0 Å². The molecule has 0 radical (unpaired) electrons. The van der Waals surface area contributed by atoms with E-state index in [0.717, 1.165) is 0 Å². The largest absolute Gasteiger partial charge is 0.393 e. The van der Waals surface area contributed by atoms with E-state index in [4.69, 9.17) is 10.8 Å². The average molecular weight is 267 g/mol. The second kappa shape index (κ2) is 6.14. The zero-order valence-electron chi connectivity index (χ0n) is 10.9. The first-order valence-electron chi connectivity index (χ1n) is 5.80. The summed E-state index contributed by atoms with van der Waals surface area (Å²) in [5.74, 6) is -0.290. The zero-order valence-corrected chi connectivity index (χ0v) is 10.9. The van der Waals surface area contributed by atoms with Crippen molar-refractivity contribution in [2.75, 3.05) is 19.3 Å². The van der Waals surface area contributed by atoms with Gasteiger partial charge >= 0.3 is 0 Å². The zero-order chi connectivity index (χ0) is 14.6. The SMILES string of the molecule is CC(O)CCN(C)C(=O)c1ccc([N+](=O)[O-])c(N)c1. The Morgan fingerprint density at radius 2 is 2.21 bits per heavy atom. The lowest BCUT2D eigenvalue weighted by Crippen LogP contribution is -2.29. The first-order chi connectivity index (χ1) is 8.82. The number of nitrogen functional groups attached to an aromatic ring is 1. The van der Waals surface area contributed by atoms with Crippen molar-refractivity contribution in [3.8, 4) is 0 Å². The molecule has 1 unspecified atom stereocenters. The number of nitro groups is 1. The van der Waals surface area contributed by atoms with E-state index >= 15 is 0 Å². The molecule has 0 aliphatic rings. The number of amides is 1. The summed E-state index contributed by atoms with van der Waals surface area (Å²) in [6.45, 7) is 2.04. The highest BCUT2D eigenvalue weighted by atomic mass is 16.6. The van der Waals surface area contributed by atoms with E-state index in [-0.39, 0.29) is 22.8 Å². The van der Waals surface area contributed by atoms with E-state index in [0.29, 0.717) is 13.0 Å². The van der Waals surface area contributed by atoms with E-state index in [2.05, 4.69) is 0 Å². The van der Waals surface area contributed by atoms with Gasteiger partial charge in [0.05, 0.1) is 11.0 Å². The van der Waals surface area contributed by atoms with Crippen molar-refractivity contribution in [2.24, 2.45) is 0 Å². The monoisotopic (exact) mass is 267 g/mol. The molecule has 0 aromatic heterocycles. The number of nitrogens with zero attached hydrogens (tertiary/aromatic N) is 2. The molecule has 19 heavy (non-hydrogen) atoms. The molecule has 1 aromatic carbocycles. The predicted molar refractivity (Wildman–Crippen MR) is 70.8 cm³/mol. The van der Waals surface area contributed by atoms with Gasteiger partial charge in [0.2, 0.25) is 0 Å². The van der Waals surface area contributed by atoms with Crippen molar-refractivity contribution < 1.29 is 14.8 Å². The number of aliphatic hydroxyl groups is 1. The van der Waals surface area contributed by atoms with Gasteiger partial charge in [0.15, 0.2) is 0 Å². The van der Waals surface area contributed by atoms with Crippen LogP contribution in [0.3, 0.4) is 0 Å². The minimum Gasteiger partial charge on any atom is -0.393 e. The molecule has 1 rings (SSSR count). The van der Waals surface area contributed by atoms with Gasteiger partial charge < -0.3 is 15.7 Å². The second-order valence-corrected chi connectivity index (χ2v) is 4.40. The third-order valence-corrected chi connectivity index (χ3v) is 2.70. The number of nitro benzene ring substituents is 1. The van der Waals surface area contributed by atoms with E-state index in [9.17, 15) is 14.9 Å². The lowest BCUT2D eigenvalue weighted by molar-refractivity contribution is -0.383. The summed E-state index contributed by atoms with van der Waals surface area (Å²) in [5.41, 5.74) is 5.56. The number of carbonyl (C=O) groups excluding carboxylic acids is 1. The van der Waals surface area contributed by atoms with Crippen LogP contribution < -0.4 is 5.73 Å². The molecule has 0 fully saturated rings. The first kappa shape index (κ1) is 14.9. The molecule has 1 aromatic rings. The lowest BCUT2D eigenvalue weighted by atomic mass is 10.1. The molecular weight excluding hydrogens is 250 g/mol. The Bertz CT molecular complexity index is 488. The van der Waals surface area contributed by atoms with Crippen molar-refractivity contribution in [3.05, 3.63) is 33.9 Å². The van der Waals surface area contributed by atoms with Crippen LogP contribution in [-0.4, -0.2) is 40.5 Å². The van der Waals surface area contributed by atoms with Crippen LogP contribution in [0.4, 0.5) is 11.4 Å². The summed E-state index contributed by atoms with van der Waals surface area (Å²) >= 11 is 0. The fourth-order valence-electron chi connectivity index (χ4n) is 1.56. The Hall–Kier alpha value is -2.15. The average Bonchev–Trinajstić information content (AvgIpc) is 2.34. The number of benzene rings is 1. The second-order valence-electron chi connectivity index (χ2n) is 4.40. The van der Waals surface area contributed by atoms with Gasteiger partial charge in [0, 0.05) is 25.2 Å². The number of aliphatic hydroxyl groups excluding tert-OH is 1. The Balaban J connectivity index is 2.83. The van der Waals surface area contributed by atoms with Crippen LogP contribution >= 0.6 is 0 Å². The molecular formula is C12H17N3O4. The van der Waals surface area contributed by atoms with Crippen LogP contribution in [-0.2, 0) is 0 Å². The maximum atomic E-state index is 12.0. The van der Waals surface area contributed by atoms with Crippen LogP contribution in [0.1, 0.15) is 23.7 Å². The molecule has 7 heteroatoms. The summed E-state index contributed by atoms with van der Waals surface area (Å²) in [7, 11) is 1.60. The topological polar surface area (TPSA) is 110 Å². The molecule has 3 N–H and O–H groups in total. The van der Waals surface area contributed by atoms with Crippen molar-refractivity contribution in [1.82, 2.24) is 4.90 Å². The van der Waals surface area contributed by atoms with Gasteiger partial charge in [-0.3, -0.25) is 14.9 Å². The third-order valence-electron chi connectivity index (χ3n) is 2.70. The molecule has 0 aliphatic carbocycles. The van der Waals surface area contributed by atoms with Gasteiger partial charge in [-0.15, -0.1) is 0 Å². The van der Waals surface area contributed by atoms with Crippen LogP contribution in [0.5, 0.6) is 0 Å². The fourth-order valence-corrected chi connectivity index (χ4v) is 1.56. The molecule has 0 saturated carbocycles. The van der Waals surface area contributed by atoms with Gasteiger partial charge in [-0.2, -0.15) is 0 Å². The fraction of sp³-hybridized carbons (Fsp3) is 0.417. The Kier molecular flexibility index (Phi) is 4.82. The number of anilines is 1. The molecule has 0 spiro atoms. The summed E-state index contributed by atoms with van der Waals surface area (Å²) in [6.07, 6.45) is -0.0257. The predicted octanol–water partition coefficient (Wildman–Crippen LogP) is 1.02. The van der Waals surface area contributed by atoms with Crippen molar-refractivity contribution >= 4 is 17.3 Å². The molecule has 104 valence electrons. The molecule has 7 nitrogen and oxygen atoms in total. The minimum atomic E-state index is -0.596. The maximum Gasteiger partial charge on any atom is 0.292 e. The van der Waals surface area contributed by atoms with Gasteiger partial charge in [0.1, 0.15) is 5.69 Å². The van der Waals surface area contributed by atoms with Crippen LogP contribution in [0, 0.1) is 10.1 Å². The maximum absolute atomic E-state index is 12.0. The highest BCUT2D eigenvalue weighted by molar-refractivity contribution is 5.95. The van der Waals surface area contributed by atoms with Gasteiger partial charge in [-0.05, 0) is 25.5 Å². The third kappa shape index (κ3) is 3.92. The lowest BCUT2D eigenvalue weighted by Gasteiger charge is -2.18. The molecule has 0 heterocycles. The molecule has 0 bridgehead atoms.